The van der Waals surface area contributed by atoms with E-state index in [4.69, 9.17) is 0 Å². The minimum Gasteiger partial charge on any atom is -0.345 e. The Bertz CT molecular complexity index is 584. The van der Waals surface area contributed by atoms with Gasteiger partial charge in [-0.1, -0.05) is 38.1 Å². The maximum absolute atomic E-state index is 12.0. The monoisotopic (exact) mass is 301 g/mol. The highest BCUT2D eigenvalue weighted by Gasteiger charge is 2.10. The lowest BCUT2D eigenvalue weighted by molar-refractivity contribution is 0.0950. The van der Waals surface area contributed by atoms with Crippen molar-refractivity contribution in [2.45, 2.75) is 46.6 Å². The van der Waals surface area contributed by atoms with E-state index in [2.05, 4.69) is 46.7 Å². The molecule has 0 atom stereocenters. The molecule has 0 aliphatic rings. The Balaban J connectivity index is 1.81. The number of amides is 1. The van der Waals surface area contributed by atoms with E-state index in [0.717, 1.165) is 12.8 Å². The molecule has 118 valence electrons. The lowest BCUT2D eigenvalue weighted by atomic mass is 9.89. The number of aromatic nitrogens is 4. The van der Waals surface area contributed by atoms with Gasteiger partial charge >= 0.3 is 0 Å². The lowest BCUT2D eigenvalue weighted by Gasteiger charge is -2.17. The summed E-state index contributed by atoms with van der Waals surface area (Å²) in [5.41, 5.74) is 2.27. The molecule has 0 fully saturated rings. The fourth-order valence-corrected chi connectivity index (χ4v) is 2.16. The van der Waals surface area contributed by atoms with Crippen LogP contribution in [0.5, 0.6) is 0 Å². The van der Waals surface area contributed by atoms with Crippen LogP contribution < -0.4 is 5.32 Å². The van der Waals surface area contributed by atoms with Crippen LogP contribution in [0.4, 0.5) is 0 Å². The van der Waals surface area contributed by atoms with E-state index in [0.29, 0.717) is 16.8 Å². The number of nitrogens with zero attached hydrogens (tertiary/aromatic N) is 3. The molecule has 2 aromatic rings. The van der Waals surface area contributed by atoms with Crippen LogP contribution in [-0.2, 0) is 13.0 Å². The molecular formula is C16H23N5O. The van der Waals surface area contributed by atoms with Crippen LogP contribution in [0.2, 0.25) is 0 Å². The third kappa shape index (κ3) is 5.27. The standard InChI is InChI=1S/C16H23N5O/c1-16(2,3)10-4-5-12-6-8-13(9-7-12)15(22)17-11-14-18-20-21-19-14/h6-9H,4-5,10-11H2,1-3H3,(H,17,22)(H,18,19,20,21). The summed E-state index contributed by atoms with van der Waals surface area (Å²) >= 11 is 0. The van der Waals surface area contributed by atoms with E-state index in [1.165, 1.54) is 12.0 Å². The topological polar surface area (TPSA) is 83.6 Å². The van der Waals surface area contributed by atoms with E-state index < -0.39 is 0 Å². The highest BCUT2D eigenvalue weighted by molar-refractivity contribution is 5.94. The second-order valence-corrected chi connectivity index (χ2v) is 6.62. The van der Waals surface area contributed by atoms with Crippen LogP contribution in [0.1, 0.15) is 55.4 Å². The number of aromatic amines is 1. The molecule has 22 heavy (non-hydrogen) atoms. The number of carbonyl (C=O) groups is 1. The summed E-state index contributed by atoms with van der Waals surface area (Å²) in [7, 11) is 0. The lowest BCUT2D eigenvalue weighted by Crippen LogP contribution is -2.23. The summed E-state index contributed by atoms with van der Waals surface area (Å²) in [5, 5.41) is 16.1. The molecule has 0 saturated carbocycles. The average Bonchev–Trinajstić information content (AvgIpc) is 2.97. The molecule has 2 N–H and O–H groups in total. The SMILES string of the molecule is CC(C)(C)CCCc1ccc(C(=O)NCc2nn[nH]n2)cc1. The third-order valence-electron chi connectivity index (χ3n) is 3.40. The minimum atomic E-state index is -0.133. The predicted octanol–water partition coefficient (Wildman–Crippen LogP) is 2.50. The molecule has 2 rings (SSSR count). The molecule has 0 unspecified atom stereocenters. The second-order valence-electron chi connectivity index (χ2n) is 6.62. The van der Waals surface area contributed by atoms with Gasteiger partial charge < -0.3 is 5.32 Å². The van der Waals surface area contributed by atoms with E-state index in [1.54, 1.807) is 0 Å². The first-order valence-corrected chi connectivity index (χ1v) is 7.53. The first-order valence-electron chi connectivity index (χ1n) is 7.53. The number of rotatable bonds is 6. The van der Waals surface area contributed by atoms with Crippen LogP contribution in [0, 0.1) is 5.41 Å². The molecule has 0 radical (unpaired) electrons. The maximum Gasteiger partial charge on any atom is 0.251 e. The zero-order chi connectivity index (χ0) is 16.0. The van der Waals surface area contributed by atoms with E-state index >= 15 is 0 Å². The summed E-state index contributed by atoms with van der Waals surface area (Å²) < 4.78 is 0. The minimum absolute atomic E-state index is 0.133. The number of hydrogen-bond acceptors (Lipinski definition) is 4. The number of nitrogens with one attached hydrogen (secondary N) is 2. The Morgan fingerprint density at radius 2 is 1.95 bits per heavy atom. The molecule has 1 aromatic heterocycles. The van der Waals surface area contributed by atoms with Crippen molar-refractivity contribution in [3.8, 4) is 0 Å². The Morgan fingerprint density at radius 1 is 1.23 bits per heavy atom. The van der Waals surface area contributed by atoms with Crippen molar-refractivity contribution in [3.05, 3.63) is 41.2 Å². The molecule has 6 heteroatoms. The molecule has 0 aliphatic heterocycles. The average molecular weight is 301 g/mol. The van der Waals surface area contributed by atoms with Gasteiger partial charge in [-0.15, -0.1) is 10.2 Å². The number of benzene rings is 1. The van der Waals surface area contributed by atoms with Gasteiger partial charge in [-0.05, 0) is 42.4 Å². The highest BCUT2D eigenvalue weighted by Crippen LogP contribution is 2.22. The largest absolute Gasteiger partial charge is 0.345 e. The molecule has 0 bridgehead atoms. The Morgan fingerprint density at radius 3 is 2.55 bits per heavy atom. The fraction of sp³-hybridized carbons (Fsp3) is 0.500. The van der Waals surface area contributed by atoms with Gasteiger partial charge in [0, 0.05) is 5.56 Å². The van der Waals surface area contributed by atoms with Crippen LogP contribution in [-0.4, -0.2) is 26.5 Å². The first-order chi connectivity index (χ1) is 10.4. The fourth-order valence-electron chi connectivity index (χ4n) is 2.16. The van der Waals surface area contributed by atoms with Crippen molar-refractivity contribution >= 4 is 5.91 Å². The number of aryl methyl sites for hydroxylation is 1. The van der Waals surface area contributed by atoms with Gasteiger partial charge in [0.1, 0.15) is 0 Å². The van der Waals surface area contributed by atoms with Gasteiger partial charge in [0.05, 0.1) is 6.54 Å². The zero-order valence-corrected chi connectivity index (χ0v) is 13.4. The van der Waals surface area contributed by atoms with E-state index in [9.17, 15) is 4.79 Å². The molecule has 6 nitrogen and oxygen atoms in total. The molecule has 1 heterocycles. The molecule has 0 aliphatic carbocycles. The van der Waals surface area contributed by atoms with Crippen molar-refractivity contribution in [3.63, 3.8) is 0 Å². The zero-order valence-electron chi connectivity index (χ0n) is 13.4. The smallest absolute Gasteiger partial charge is 0.251 e. The summed E-state index contributed by atoms with van der Waals surface area (Å²) in [4.78, 5) is 12.0. The number of H-pyrrole nitrogens is 1. The number of tetrazole rings is 1. The van der Waals surface area contributed by atoms with Crippen molar-refractivity contribution < 1.29 is 4.79 Å². The van der Waals surface area contributed by atoms with Crippen LogP contribution >= 0.6 is 0 Å². The predicted molar refractivity (Wildman–Crippen MR) is 84.2 cm³/mol. The Hall–Kier alpha value is -2.24. The van der Waals surface area contributed by atoms with Gasteiger partial charge in [-0.3, -0.25) is 4.79 Å². The summed E-state index contributed by atoms with van der Waals surface area (Å²) in [6, 6.07) is 7.76. The molecule has 0 saturated heterocycles. The van der Waals surface area contributed by atoms with Crippen LogP contribution in [0.25, 0.3) is 0 Å². The number of carbonyl (C=O) groups excluding carboxylic acids is 1. The second kappa shape index (κ2) is 7.15. The van der Waals surface area contributed by atoms with Crippen molar-refractivity contribution in [1.29, 1.82) is 0 Å². The number of hydrogen-bond donors (Lipinski definition) is 2. The molecule has 0 spiro atoms. The van der Waals surface area contributed by atoms with Gasteiger partial charge in [-0.25, -0.2) is 0 Å². The maximum atomic E-state index is 12.0. The molecule has 1 amide bonds. The molecule has 1 aromatic carbocycles. The van der Waals surface area contributed by atoms with Crippen molar-refractivity contribution in [2.24, 2.45) is 5.41 Å². The summed E-state index contributed by atoms with van der Waals surface area (Å²) in [5.74, 6) is 0.332. The van der Waals surface area contributed by atoms with Gasteiger partial charge in [0.25, 0.3) is 5.91 Å². The van der Waals surface area contributed by atoms with Crippen molar-refractivity contribution in [1.82, 2.24) is 25.9 Å². The van der Waals surface area contributed by atoms with E-state index in [1.807, 2.05) is 24.3 Å². The van der Waals surface area contributed by atoms with Gasteiger partial charge in [-0.2, -0.15) is 5.21 Å². The van der Waals surface area contributed by atoms with Gasteiger partial charge in [0.2, 0.25) is 0 Å². The molecular weight excluding hydrogens is 278 g/mol. The summed E-state index contributed by atoms with van der Waals surface area (Å²) in [6.07, 6.45) is 3.40. The third-order valence-corrected chi connectivity index (χ3v) is 3.40. The van der Waals surface area contributed by atoms with E-state index in [-0.39, 0.29) is 12.5 Å². The quantitative estimate of drug-likeness (QED) is 0.858. The normalized spacial score (nSPS) is 11.4. The first kappa shape index (κ1) is 16.1. The Kier molecular flexibility index (Phi) is 5.25. The van der Waals surface area contributed by atoms with Crippen LogP contribution in [0.3, 0.4) is 0 Å². The summed E-state index contributed by atoms with van der Waals surface area (Å²) in [6.45, 7) is 7.03. The van der Waals surface area contributed by atoms with Gasteiger partial charge in [0.15, 0.2) is 5.82 Å². The van der Waals surface area contributed by atoms with Crippen LogP contribution in [0.15, 0.2) is 24.3 Å². The Labute approximate surface area is 130 Å². The highest BCUT2D eigenvalue weighted by atomic mass is 16.1. The van der Waals surface area contributed by atoms with Crippen molar-refractivity contribution in [2.75, 3.05) is 0 Å².